The van der Waals surface area contributed by atoms with E-state index in [0.717, 1.165) is 17.8 Å². The first-order chi connectivity index (χ1) is 6.79. The van der Waals surface area contributed by atoms with Crippen molar-refractivity contribution in [2.24, 2.45) is 5.73 Å². The highest BCUT2D eigenvalue weighted by Crippen LogP contribution is 2.31. The van der Waals surface area contributed by atoms with Gasteiger partial charge in [0.15, 0.2) is 11.6 Å². The van der Waals surface area contributed by atoms with Crippen LogP contribution in [-0.2, 0) is 5.54 Å². The van der Waals surface area contributed by atoms with Crippen LogP contribution >= 0.6 is 11.8 Å². The number of hydrogen-bond acceptors (Lipinski definition) is 2. The number of thioether (sulfide) groups is 1. The van der Waals surface area contributed by atoms with Gasteiger partial charge in [-0.2, -0.15) is 0 Å². The lowest BCUT2D eigenvalue weighted by atomic mass is 9.95. The highest BCUT2D eigenvalue weighted by atomic mass is 32.2. The third-order valence-electron chi connectivity index (χ3n) is 2.01. The second kappa shape index (κ2) is 4.06. The number of hydrogen-bond donors (Lipinski definition) is 1. The highest BCUT2D eigenvalue weighted by Gasteiger charge is 2.25. The van der Waals surface area contributed by atoms with Gasteiger partial charge in [-0.25, -0.2) is 13.2 Å². The van der Waals surface area contributed by atoms with E-state index in [1.807, 2.05) is 0 Å². The summed E-state index contributed by atoms with van der Waals surface area (Å²) in [7, 11) is 0. The summed E-state index contributed by atoms with van der Waals surface area (Å²) in [6.07, 6.45) is 1.48. The van der Waals surface area contributed by atoms with Gasteiger partial charge in [0.2, 0.25) is 0 Å². The summed E-state index contributed by atoms with van der Waals surface area (Å²) >= 11 is 0.825. The summed E-state index contributed by atoms with van der Waals surface area (Å²) in [5.41, 5.74) is 4.34. The maximum atomic E-state index is 13.5. The van der Waals surface area contributed by atoms with Crippen LogP contribution < -0.4 is 5.73 Å². The minimum absolute atomic E-state index is 0.157. The highest BCUT2D eigenvalue weighted by molar-refractivity contribution is 7.98. The van der Waals surface area contributed by atoms with Crippen LogP contribution in [0.25, 0.3) is 0 Å². The Labute approximate surface area is 90.9 Å². The third-order valence-corrected chi connectivity index (χ3v) is 2.80. The fourth-order valence-electron chi connectivity index (χ4n) is 1.23. The summed E-state index contributed by atoms with van der Waals surface area (Å²) in [6, 6.07) is 0.949. The van der Waals surface area contributed by atoms with Crippen LogP contribution in [0.1, 0.15) is 19.4 Å². The molecule has 0 aromatic heterocycles. The van der Waals surface area contributed by atoms with Crippen molar-refractivity contribution in [1.29, 1.82) is 0 Å². The fraction of sp³-hybridized carbons (Fsp3) is 0.400. The van der Waals surface area contributed by atoms with E-state index in [0.29, 0.717) is 0 Å². The van der Waals surface area contributed by atoms with E-state index in [1.165, 1.54) is 20.1 Å². The molecule has 0 fully saturated rings. The Morgan fingerprint density at radius 2 is 1.73 bits per heavy atom. The molecule has 0 aliphatic carbocycles. The summed E-state index contributed by atoms with van der Waals surface area (Å²) in [6.45, 7) is 2.98. The van der Waals surface area contributed by atoms with Crippen LogP contribution in [0.3, 0.4) is 0 Å². The summed E-state index contributed by atoms with van der Waals surface area (Å²) < 4.78 is 40.2. The second-order valence-electron chi connectivity index (χ2n) is 3.79. The molecule has 0 saturated heterocycles. The van der Waals surface area contributed by atoms with Gasteiger partial charge in [-0.15, -0.1) is 11.8 Å². The predicted octanol–water partition coefficient (Wildman–Crippen LogP) is 3.02. The van der Waals surface area contributed by atoms with E-state index < -0.39 is 23.0 Å². The van der Waals surface area contributed by atoms with Crippen LogP contribution in [0.5, 0.6) is 0 Å². The van der Waals surface area contributed by atoms with Crippen molar-refractivity contribution in [3.05, 3.63) is 29.1 Å². The zero-order chi connectivity index (χ0) is 11.8. The van der Waals surface area contributed by atoms with Crippen LogP contribution in [0.4, 0.5) is 13.2 Å². The predicted molar refractivity (Wildman–Crippen MR) is 55.3 cm³/mol. The van der Waals surface area contributed by atoms with E-state index in [9.17, 15) is 13.2 Å². The number of rotatable bonds is 2. The van der Waals surface area contributed by atoms with Crippen molar-refractivity contribution in [3.8, 4) is 0 Å². The molecule has 0 atom stereocenters. The van der Waals surface area contributed by atoms with Crippen molar-refractivity contribution < 1.29 is 13.2 Å². The van der Waals surface area contributed by atoms with E-state index in [-0.39, 0.29) is 10.5 Å². The lowest BCUT2D eigenvalue weighted by Gasteiger charge is -2.21. The first kappa shape index (κ1) is 12.4. The van der Waals surface area contributed by atoms with Crippen molar-refractivity contribution in [1.82, 2.24) is 0 Å². The molecule has 84 valence electrons. The van der Waals surface area contributed by atoms with Crippen LogP contribution in [0.15, 0.2) is 11.0 Å². The minimum atomic E-state index is -1.17. The van der Waals surface area contributed by atoms with E-state index in [1.54, 1.807) is 0 Å². The zero-order valence-corrected chi connectivity index (χ0v) is 9.51. The van der Waals surface area contributed by atoms with Crippen molar-refractivity contribution >= 4 is 11.8 Å². The molecule has 1 rings (SSSR count). The fourth-order valence-corrected chi connectivity index (χ4v) is 1.76. The van der Waals surface area contributed by atoms with Gasteiger partial charge in [-0.1, -0.05) is 0 Å². The van der Waals surface area contributed by atoms with E-state index in [4.69, 9.17) is 5.73 Å². The molecule has 0 aliphatic rings. The molecule has 0 heterocycles. The van der Waals surface area contributed by atoms with Gasteiger partial charge in [0, 0.05) is 11.1 Å². The van der Waals surface area contributed by atoms with Gasteiger partial charge >= 0.3 is 0 Å². The Kier molecular flexibility index (Phi) is 3.35. The lowest BCUT2D eigenvalue weighted by molar-refractivity contribution is 0.426. The van der Waals surface area contributed by atoms with Crippen molar-refractivity contribution in [2.75, 3.05) is 6.26 Å². The Morgan fingerprint density at radius 1 is 1.20 bits per heavy atom. The first-order valence-electron chi connectivity index (χ1n) is 4.30. The monoisotopic (exact) mass is 235 g/mol. The molecule has 0 spiro atoms. The Bertz CT molecular complexity index is 385. The molecule has 0 radical (unpaired) electrons. The van der Waals surface area contributed by atoms with Crippen LogP contribution in [0, 0.1) is 17.5 Å². The molecular weight excluding hydrogens is 223 g/mol. The standard InChI is InChI=1S/C10H12F3NS/c1-10(2,14)5-4-6(11)9(15-3)8(13)7(5)12/h4H,14H2,1-3H3. The molecule has 0 bridgehead atoms. The second-order valence-corrected chi connectivity index (χ2v) is 4.61. The van der Waals surface area contributed by atoms with Crippen LogP contribution in [-0.4, -0.2) is 6.26 Å². The molecule has 5 heteroatoms. The quantitative estimate of drug-likeness (QED) is 0.630. The van der Waals surface area contributed by atoms with Gasteiger partial charge in [0.05, 0.1) is 4.90 Å². The third kappa shape index (κ3) is 2.29. The molecule has 0 aliphatic heterocycles. The Hall–Kier alpha value is -0.680. The molecule has 0 amide bonds. The van der Waals surface area contributed by atoms with Gasteiger partial charge < -0.3 is 5.73 Å². The van der Waals surface area contributed by atoms with Gasteiger partial charge in [-0.05, 0) is 26.2 Å². The minimum Gasteiger partial charge on any atom is -0.322 e. The molecular formula is C10H12F3NS. The smallest absolute Gasteiger partial charge is 0.175 e. The molecule has 0 unspecified atom stereocenters. The maximum Gasteiger partial charge on any atom is 0.175 e. The molecule has 15 heavy (non-hydrogen) atoms. The molecule has 1 nitrogen and oxygen atoms in total. The molecule has 1 aromatic rings. The average molecular weight is 235 g/mol. The Balaban J connectivity index is 3.48. The number of benzene rings is 1. The summed E-state index contributed by atoms with van der Waals surface area (Å²) in [5.74, 6) is -3.03. The SMILES string of the molecule is CSc1c(F)cc(C(C)(C)N)c(F)c1F. The number of nitrogens with two attached hydrogens (primary N) is 1. The first-order valence-corrected chi connectivity index (χ1v) is 5.52. The van der Waals surface area contributed by atoms with Crippen molar-refractivity contribution in [2.45, 2.75) is 24.3 Å². The lowest BCUT2D eigenvalue weighted by Crippen LogP contribution is -2.30. The van der Waals surface area contributed by atoms with Gasteiger partial charge in [0.1, 0.15) is 5.82 Å². The van der Waals surface area contributed by atoms with Gasteiger partial charge in [0.25, 0.3) is 0 Å². The molecule has 0 saturated carbocycles. The average Bonchev–Trinajstić information content (AvgIpc) is 2.10. The normalized spacial score (nSPS) is 11.9. The largest absolute Gasteiger partial charge is 0.322 e. The van der Waals surface area contributed by atoms with E-state index in [2.05, 4.69) is 0 Å². The van der Waals surface area contributed by atoms with Crippen LogP contribution in [0.2, 0.25) is 0 Å². The number of halogens is 3. The molecule has 1 aromatic carbocycles. The summed E-state index contributed by atoms with van der Waals surface area (Å²) in [5, 5.41) is 0. The summed E-state index contributed by atoms with van der Waals surface area (Å²) in [4.78, 5) is -0.319. The maximum absolute atomic E-state index is 13.5. The van der Waals surface area contributed by atoms with E-state index >= 15 is 0 Å². The molecule has 2 N–H and O–H groups in total. The van der Waals surface area contributed by atoms with Gasteiger partial charge in [-0.3, -0.25) is 0 Å². The zero-order valence-electron chi connectivity index (χ0n) is 8.70. The topological polar surface area (TPSA) is 26.0 Å². The van der Waals surface area contributed by atoms with Crippen molar-refractivity contribution in [3.63, 3.8) is 0 Å². The Morgan fingerprint density at radius 3 is 2.13 bits per heavy atom.